The number of ketones is 1. The number of methoxy groups -OCH3 is 1. The van der Waals surface area contributed by atoms with Gasteiger partial charge in [0.15, 0.2) is 11.5 Å². The Kier molecular flexibility index (Phi) is 6.48. The van der Waals surface area contributed by atoms with Gasteiger partial charge in [-0.2, -0.15) is 0 Å². The summed E-state index contributed by atoms with van der Waals surface area (Å²) in [6, 6.07) is 8.66. The average Bonchev–Trinajstić information content (AvgIpc) is 2.66. The minimum atomic E-state index is -0.739. The van der Waals surface area contributed by atoms with Crippen molar-refractivity contribution in [2.45, 2.75) is 20.5 Å². The molecule has 0 unspecified atom stereocenters. The molecule has 8 heteroatoms. The van der Waals surface area contributed by atoms with Crippen molar-refractivity contribution >= 4 is 17.4 Å². The first-order valence-electron chi connectivity index (χ1n) is 8.13. The second-order valence-corrected chi connectivity index (χ2v) is 5.53. The third-order valence-electron chi connectivity index (χ3n) is 3.74. The van der Waals surface area contributed by atoms with E-state index in [1.807, 2.05) is 0 Å². The number of nitro groups is 1. The lowest BCUT2D eigenvalue weighted by molar-refractivity contribution is -0.385. The Balaban J connectivity index is 2.21. The number of carbonyl (C=O) groups is 2. The Hall–Kier alpha value is -3.42. The molecule has 8 nitrogen and oxygen atoms in total. The molecule has 0 saturated carbocycles. The van der Waals surface area contributed by atoms with Crippen molar-refractivity contribution in [2.24, 2.45) is 0 Å². The van der Waals surface area contributed by atoms with Gasteiger partial charge < -0.3 is 14.2 Å². The molecule has 0 bridgehead atoms. The normalized spacial score (nSPS) is 10.2. The Morgan fingerprint density at radius 1 is 1.07 bits per heavy atom. The average molecular weight is 373 g/mol. The fraction of sp³-hybridized carbons (Fsp3) is 0.263. The number of nitro benzene ring substituents is 1. The number of carbonyl (C=O) groups excluding carboxylic acids is 2. The number of nitrogens with zero attached hydrogens (tertiary/aromatic N) is 1. The molecule has 27 heavy (non-hydrogen) atoms. The van der Waals surface area contributed by atoms with Crippen molar-refractivity contribution < 1.29 is 28.7 Å². The molecule has 0 heterocycles. The number of rotatable bonds is 8. The molecule has 2 rings (SSSR count). The van der Waals surface area contributed by atoms with Crippen LogP contribution in [0.1, 0.15) is 40.1 Å². The molecule has 0 aliphatic rings. The smallest absolute Gasteiger partial charge is 0.338 e. The van der Waals surface area contributed by atoms with Crippen LogP contribution in [0.2, 0.25) is 0 Å². The van der Waals surface area contributed by atoms with Crippen LogP contribution in [0.4, 0.5) is 5.69 Å². The van der Waals surface area contributed by atoms with E-state index in [0.29, 0.717) is 16.9 Å². The standard InChI is InChI=1S/C19H19NO7/c1-4-26-18-8-6-14(10-16(18)20(23)24)19(22)27-11-15-9-13(12(2)21)5-7-17(15)25-3/h5-10H,4,11H2,1-3H3. The summed E-state index contributed by atoms with van der Waals surface area (Å²) in [5.74, 6) is -0.329. The second-order valence-electron chi connectivity index (χ2n) is 5.53. The minimum absolute atomic E-state index is 0.0202. The van der Waals surface area contributed by atoms with Crippen molar-refractivity contribution in [3.05, 3.63) is 63.2 Å². The molecule has 0 amide bonds. The molecule has 0 aliphatic heterocycles. The number of benzene rings is 2. The highest BCUT2D eigenvalue weighted by Gasteiger charge is 2.20. The van der Waals surface area contributed by atoms with Crippen LogP contribution in [0.5, 0.6) is 11.5 Å². The van der Waals surface area contributed by atoms with Crippen LogP contribution in [0, 0.1) is 10.1 Å². The maximum Gasteiger partial charge on any atom is 0.338 e. The monoisotopic (exact) mass is 373 g/mol. The van der Waals surface area contributed by atoms with Gasteiger partial charge in [-0.15, -0.1) is 0 Å². The Morgan fingerprint density at radius 3 is 2.33 bits per heavy atom. The van der Waals surface area contributed by atoms with E-state index in [2.05, 4.69) is 0 Å². The van der Waals surface area contributed by atoms with Gasteiger partial charge in [0, 0.05) is 17.2 Å². The lowest BCUT2D eigenvalue weighted by Gasteiger charge is -2.11. The summed E-state index contributed by atoms with van der Waals surface area (Å²) in [6.07, 6.45) is 0. The van der Waals surface area contributed by atoms with Crippen molar-refractivity contribution in [2.75, 3.05) is 13.7 Å². The molecule has 0 aromatic heterocycles. The van der Waals surface area contributed by atoms with Crippen molar-refractivity contribution in [3.63, 3.8) is 0 Å². The van der Waals surface area contributed by atoms with E-state index in [0.717, 1.165) is 6.07 Å². The molecular formula is C19H19NO7. The van der Waals surface area contributed by atoms with Gasteiger partial charge in [-0.05, 0) is 44.2 Å². The van der Waals surface area contributed by atoms with Gasteiger partial charge in [-0.3, -0.25) is 14.9 Å². The van der Waals surface area contributed by atoms with E-state index < -0.39 is 10.9 Å². The first kappa shape index (κ1) is 19.9. The molecule has 0 fully saturated rings. The summed E-state index contributed by atoms with van der Waals surface area (Å²) in [5, 5.41) is 11.2. The van der Waals surface area contributed by atoms with Crippen LogP contribution in [0.3, 0.4) is 0 Å². The summed E-state index contributed by atoms with van der Waals surface area (Å²) in [5.41, 5.74) is 0.673. The largest absolute Gasteiger partial charge is 0.496 e. The first-order valence-corrected chi connectivity index (χ1v) is 8.13. The molecular weight excluding hydrogens is 354 g/mol. The highest BCUT2D eigenvalue weighted by Crippen LogP contribution is 2.28. The Morgan fingerprint density at radius 2 is 1.74 bits per heavy atom. The molecule has 0 aliphatic carbocycles. The second kappa shape index (κ2) is 8.79. The Labute approximate surface area is 155 Å². The van der Waals surface area contributed by atoms with Crippen LogP contribution < -0.4 is 9.47 Å². The van der Waals surface area contributed by atoms with Gasteiger partial charge in [-0.1, -0.05) is 0 Å². The first-order chi connectivity index (χ1) is 12.9. The van der Waals surface area contributed by atoms with Crippen molar-refractivity contribution in [1.82, 2.24) is 0 Å². The lowest BCUT2D eigenvalue weighted by Crippen LogP contribution is -2.08. The predicted octanol–water partition coefficient (Wildman–Crippen LogP) is 3.56. The zero-order valence-corrected chi connectivity index (χ0v) is 15.2. The van der Waals surface area contributed by atoms with Gasteiger partial charge in [0.25, 0.3) is 0 Å². The molecule has 0 N–H and O–H groups in total. The van der Waals surface area contributed by atoms with Crippen molar-refractivity contribution in [1.29, 1.82) is 0 Å². The van der Waals surface area contributed by atoms with Crippen molar-refractivity contribution in [3.8, 4) is 11.5 Å². The quantitative estimate of drug-likeness (QED) is 0.301. The molecule has 0 saturated heterocycles. The van der Waals surface area contributed by atoms with E-state index in [4.69, 9.17) is 14.2 Å². The zero-order chi connectivity index (χ0) is 20.0. The van der Waals surface area contributed by atoms with Gasteiger partial charge >= 0.3 is 11.7 Å². The number of ether oxygens (including phenoxy) is 3. The van der Waals surface area contributed by atoms with Crippen LogP contribution >= 0.6 is 0 Å². The van der Waals surface area contributed by atoms with Gasteiger partial charge in [0.05, 0.1) is 24.2 Å². The van der Waals surface area contributed by atoms with Crippen LogP contribution in [-0.2, 0) is 11.3 Å². The number of hydrogen-bond acceptors (Lipinski definition) is 7. The summed E-state index contributed by atoms with van der Waals surface area (Å²) in [6.45, 7) is 3.24. The fourth-order valence-electron chi connectivity index (χ4n) is 2.40. The number of esters is 1. The molecule has 142 valence electrons. The zero-order valence-electron chi connectivity index (χ0n) is 15.2. The summed E-state index contributed by atoms with van der Waals surface area (Å²) in [7, 11) is 1.46. The van der Waals surface area contributed by atoms with E-state index >= 15 is 0 Å². The van der Waals surface area contributed by atoms with E-state index in [9.17, 15) is 19.7 Å². The highest BCUT2D eigenvalue weighted by atomic mass is 16.6. The maximum atomic E-state index is 12.3. The van der Waals surface area contributed by atoms with Crippen LogP contribution in [-0.4, -0.2) is 30.4 Å². The van der Waals surface area contributed by atoms with E-state index in [-0.39, 0.29) is 36.0 Å². The number of Topliss-reactive ketones (excluding diaryl/α,β-unsaturated/α-hetero) is 1. The summed E-state index contributed by atoms with van der Waals surface area (Å²) < 4.78 is 15.6. The Bertz CT molecular complexity index is 876. The summed E-state index contributed by atoms with van der Waals surface area (Å²) in [4.78, 5) is 34.3. The fourth-order valence-corrected chi connectivity index (χ4v) is 2.40. The predicted molar refractivity (Wildman–Crippen MR) is 96.4 cm³/mol. The van der Waals surface area contributed by atoms with Gasteiger partial charge in [-0.25, -0.2) is 4.79 Å². The van der Waals surface area contributed by atoms with E-state index in [1.165, 1.54) is 26.2 Å². The lowest BCUT2D eigenvalue weighted by atomic mass is 10.1. The van der Waals surface area contributed by atoms with Crippen LogP contribution in [0.25, 0.3) is 0 Å². The van der Waals surface area contributed by atoms with Gasteiger partial charge in [0.2, 0.25) is 0 Å². The van der Waals surface area contributed by atoms with Crippen LogP contribution in [0.15, 0.2) is 36.4 Å². The maximum absolute atomic E-state index is 12.3. The van der Waals surface area contributed by atoms with E-state index in [1.54, 1.807) is 25.1 Å². The summed E-state index contributed by atoms with van der Waals surface area (Å²) >= 11 is 0. The molecule has 0 atom stereocenters. The van der Waals surface area contributed by atoms with Gasteiger partial charge in [0.1, 0.15) is 12.4 Å². The third kappa shape index (κ3) is 4.81. The molecule has 0 radical (unpaired) electrons. The molecule has 0 spiro atoms. The minimum Gasteiger partial charge on any atom is -0.496 e. The third-order valence-corrected chi connectivity index (χ3v) is 3.74. The molecule has 2 aromatic rings. The molecule has 2 aromatic carbocycles. The topological polar surface area (TPSA) is 105 Å². The SMILES string of the molecule is CCOc1ccc(C(=O)OCc2cc(C(C)=O)ccc2OC)cc1[N+](=O)[O-]. The number of hydrogen-bond donors (Lipinski definition) is 0. The highest BCUT2D eigenvalue weighted by molar-refractivity contribution is 5.94.